The number of amidine groups is 1. The van der Waals surface area contributed by atoms with Gasteiger partial charge >= 0.3 is 12.3 Å². The van der Waals surface area contributed by atoms with Crippen molar-refractivity contribution >= 4 is 5.84 Å². The van der Waals surface area contributed by atoms with Crippen LogP contribution in [0.15, 0.2) is 23.4 Å². The van der Waals surface area contributed by atoms with Crippen LogP contribution < -0.4 is 11.1 Å². The van der Waals surface area contributed by atoms with Crippen LogP contribution in [0.1, 0.15) is 11.1 Å². The minimum Gasteiger partial charge on any atom is -0.409 e. The Balaban J connectivity index is 2.66. The van der Waals surface area contributed by atoms with Crippen LogP contribution in [0, 0.1) is 5.82 Å². The number of benzene rings is 1. The zero-order valence-electron chi connectivity index (χ0n) is 10.1. The van der Waals surface area contributed by atoms with Gasteiger partial charge in [-0.3, -0.25) is 0 Å². The van der Waals surface area contributed by atoms with E-state index in [1.54, 1.807) is 0 Å². The van der Waals surface area contributed by atoms with E-state index in [1.165, 1.54) is 12.1 Å². The van der Waals surface area contributed by atoms with E-state index >= 15 is 0 Å². The van der Waals surface area contributed by atoms with Gasteiger partial charge < -0.3 is 16.3 Å². The highest BCUT2D eigenvalue weighted by Gasteiger charge is 2.39. The van der Waals surface area contributed by atoms with E-state index in [2.05, 4.69) is 5.16 Å². The number of nitrogens with two attached hydrogens (primary N) is 1. The third kappa shape index (κ3) is 4.05. The molecule has 0 atom stereocenters. The van der Waals surface area contributed by atoms with Crippen LogP contribution in [0.3, 0.4) is 0 Å². The third-order valence-corrected chi connectivity index (χ3v) is 2.45. The minimum absolute atomic E-state index is 0.00967. The van der Waals surface area contributed by atoms with Crippen LogP contribution in [0.2, 0.25) is 0 Å². The highest BCUT2D eigenvalue weighted by atomic mass is 19.3. The van der Waals surface area contributed by atoms with Crippen LogP contribution in [0.5, 0.6) is 0 Å². The molecule has 1 rings (SSSR count). The molecule has 0 saturated heterocycles. The van der Waals surface area contributed by atoms with Gasteiger partial charge in [0.15, 0.2) is 5.84 Å². The summed E-state index contributed by atoms with van der Waals surface area (Å²) in [4.78, 5) is 0. The Bertz CT molecular complexity index is 493. The van der Waals surface area contributed by atoms with Gasteiger partial charge in [0, 0.05) is 17.7 Å². The van der Waals surface area contributed by atoms with Crippen molar-refractivity contribution in [2.45, 2.75) is 18.9 Å². The van der Waals surface area contributed by atoms with E-state index in [-0.39, 0.29) is 23.5 Å². The first-order chi connectivity index (χ1) is 9.27. The number of oxime groups is 1. The van der Waals surface area contributed by atoms with Gasteiger partial charge in [0.05, 0.1) is 6.54 Å². The predicted molar refractivity (Wildman–Crippen MR) is 61.6 cm³/mol. The largest absolute Gasteiger partial charge is 0.409 e. The molecule has 0 bridgehead atoms. The summed E-state index contributed by atoms with van der Waals surface area (Å²) < 4.78 is 62.5. The fourth-order valence-corrected chi connectivity index (χ4v) is 1.35. The first kappa shape index (κ1) is 16.2. The lowest BCUT2D eigenvalue weighted by atomic mass is 10.1. The van der Waals surface area contributed by atoms with Crippen LogP contribution in [0.25, 0.3) is 0 Å². The molecular formula is C11H12F5N3O. The molecule has 0 aliphatic carbocycles. The first-order valence-electron chi connectivity index (χ1n) is 5.41. The maximum Gasteiger partial charge on any atom is 0.319 e. The minimum atomic E-state index is -4.18. The fraction of sp³-hybridized carbons (Fsp3) is 0.364. The second-order valence-electron chi connectivity index (χ2n) is 3.96. The molecule has 0 unspecified atom stereocenters. The SMILES string of the molecule is N/C(=N/O)c1ccc(CNCC(F)(F)C(F)F)c(F)c1. The van der Waals surface area contributed by atoms with Crippen molar-refractivity contribution in [2.24, 2.45) is 10.9 Å². The quantitative estimate of drug-likeness (QED) is 0.247. The Hall–Kier alpha value is -1.90. The number of nitrogens with zero attached hydrogens (tertiary/aromatic N) is 1. The van der Waals surface area contributed by atoms with E-state index in [4.69, 9.17) is 10.9 Å². The van der Waals surface area contributed by atoms with Gasteiger partial charge in [-0.25, -0.2) is 13.2 Å². The molecule has 4 nitrogen and oxygen atoms in total. The number of alkyl halides is 4. The summed E-state index contributed by atoms with van der Waals surface area (Å²) >= 11 is 0. The monoisotopic (exact) mass is 297 g/mol. The van der Waals surface area contributed by atoms with Gasteiger partial charge in [-0.2, -0.15) is 8.78 Å². The second-order valence-corrected chi connectivity index (χ2v) is 3.96. The summed E-state index contributed by atoms with van der Waals surface area (Å²) in [6, 6.07) is 3.47. The predicted octanol–water partition coefficient (Wildman–Crippen LogP) is 1.91. The lowest BCUT2D eigenvalue weighted by Gasteiger charge is -2.16. The molecule has 0 aliphatic heterocycles. The van der Waals surface area contributed by atoms with Crippen LogP contribution >= 0.6 is 0 Å². The Morgan fingerprint density at radius 1 is 1.40 bits per heavy atom. The summed E-state index contributed by atoms with van der Waals surface area (Å²) in [5, 5.41) is 13.1. The normalized spacial score (nSPS) is 13.0. The van der Waals surface area contributed by atoms with Gasteiger partial charge in [-0.05, 0) is 6.07 Å². The Morgan fingerprint density at radius 3 is 2.55 bits per heavy atom. The molecule has 0 spiro atoms. The maximum atomic E-state index is 13.6. The van der Waals surface area contributed by atoms with Crippen molar-refractivity contribution < 1.29 is 27.2 Å². The maximum absolute atomic E-state index is 13.6. The van der Waals surface area contributed by atoms with Crippen molar-refractivity contribution in [3.8, 4) is 0 Å². The molecule has 4 N–H and O–H groups in total. The van der Waals surface area contributed by atoms with E-state index in [9.17, 15) is 22.0 Å². The molecule has 0 aromatic heterocycles. The van der Waals surface area contributed by atoms with Crippen molar-refractivity contribution in [3.63, 3.8) is 0 Å². The van der Waals surface area contributed by atoms with Gasteiger partial charge in [-0.1, -0.05) is 17.3 Å². The van der Waals surface area contributed by atoms with Gasteiger partial charge in [0.25, 0.3) is 0 Å². The number of halogens is 5. The molecule has 0 amide bonds. The molecule has 20 heavy (non-hydrogen) atoms. The molecule has 112 valence electrons. The molecule has 0 saturated carbocycles. The second kappa shape index (κ2) is 6.51. The van der Waals surface area contributed by atoms with Crippen molar-refractivity contribution in [1.82, 2.24) is 5.32 Å². The summed E-state index contributed by atoms with van der Waals surface area (Å²) in [7, 11) is 0. The Kier molecular flexibility index (Phi) is 5.26. The summed E-state index contributed by atoms with van der Waals surface area (Å²) in [5.41, 5.74) is 5.33. The standard InChI is InChI=1S/C11H12F5N3O/c12-8-3-6(9(17)19-20)1-2-7(8)4-18-5-11(15,16)10(13)14/h1-3,10,18,20H,4-5H2,(H2,17,19). The molecule has 0 heterocycles. The molecule has 0 aliphatic rings. The van der Waals surface area contributed by atoms with Gasteiger partial charge in [0.2, 0.25) is 0 Å². The number of hydrogen-bond acceptors (Lipinski definition) is 3. The number of hydrogen-bond donors (Lipinski definition) is 3. The lowest BCUT2D eigenvalue weighted by Crippen LogP contribution is -2.38. The molecule has 0 radical (unpaired) electrons. The zero-order valence-corrected chi connectivity index (χ0v) is 10.1. The lowest BCUT2D eigenvalue weighted by molar-refractivity contribution is -0.125. The Labute approximate surface area is 111 Å². The molecular weight excluding hydrogens is 285 g/mol. The van der Waals surface area contributed by atoms with Crippen LogP contribution in [-0.2, 0) is 6.54 Å². The summed E-state index contributed by atoms with van der Waals surface area (Å²) in [6.45, 7) is -1.63. The Morgan fingerprint density at radius 2 is 2.05 bits per heavy atom. The molecule has 1 aromatic carbocycles. The van der Waals surface area contributed by atoms with Crippen molar-refractivity contribution in [3.05, 3.63) is 35.1 Å². The van der Waals surface area contributed by atoms with E-state index in [1.807, 2.05) is 5.32 Å². The molecule has 1 aromatic rings. The molecule has 0 fully saturated rings. The van der Waals surface area contributed by atoms with Crippen molar-refractivity contribution in [1.29, 1.82) is 0 Å². The van der Waals surface area contributed by atoms with E-state index < -0.39 is 24.7 Å². The fourth-order valence-electron chi connectivity index (χ4n) is 1.35. The summed E-state index contributed by atoms with van der Waals surface area (Å²) in [5.74, 6) is -5.28. The zero-order chi connectivity index (χ0) is 15.3. The topological polar surface area (TPSA) is 70.6 Å². The van der Waals surface area contributed by atoms with Crippen molar-refractivity contribution in [2.75, 3.05) is 6.54 Å². The van der Waals surface area contributed by atoms with Crippen LogP contribution in [0.4, 0.5) is 22.0 Å². The highest BCUT2D eigenvalue weighted by Crippen LogP contribution is 2.21. The van der Waals surface area contributed by atoms with Gasteiger partial charge in [0.1, 0.15) is 5.82 Å². The highest BCUT2D eigenvalue weighted by molar-refractivity contribution is 5.97. The number of nitrogens with one attached hydrogen (secondary N) is 1. The van der Waals surface area contributed by atoms with Gasteiger partial charge in [-0.15, -0.1) is 0 Å². The van der Waals surface area contributed by atoms with Crippen LogP contribution in [-0.4, -0.2) is 29.9 Å². The average Bonchev–Trinajstić information content (AvgIpc) is 2.39. The molecule has 9 heteroatoms. The smallest absolute Gasteiger partial charge is 0.319 e. The van der Waals surface area contributed by atoms with E-state index in [0.717, 1.165) is 6.07 Å². The first-order valence-corrected chi connectivity index (χ1v) is 5.41. The summed E-state index contributed by atoms with van der Waals surface area (Å²) in [6.07, 6.45) is -3.79. The third-order valence-electron chi connectivity index (χ3n) is 2.45. The van der Waals surface area contributed by atoms with E-state index in [0.29, 0.717) is 0 Å². The number of rotatable bonds is 6. The average molecular weight is 297 g/mol.